The molecule has 0 N–H and O–H groups in total. The van der Waals surface area contributed by atoms with Gasteiger partial charge in [0.1, 0.15) is 0 Å². The lowest BCUT2D eigenvalue weighted by Gasteiger charge is -2.07. The molecule has 1 aliphatic carbocycles. The molecule has 1 fully saturated rings. The van der Waals surface area contributed by atoms with Crippen LogP contribution in [0.25, 0.3) is 0 Å². The molecule has 60 valence electrons. The molecule has 2 heteroatoms. The summed E-state index contributed by atoms with van der Waals surface area (Å²) in [5.41, 5.74) is 1.95. The highest BCUT2D eigenvalue weighted by molar-refractivity contribution is 5.26. The summed E-state index contributed by atoms with van der Waals surface area (Å²) in [6, 6.07) is 0. The first-order chi connectivity index (χ1) is 5.27. The second-order valence-electron chi connectivity index (χ2n) is 3.54. The van der Waals surface area contributed by atoms with Gasteiger partial charge >= 0.3 is 0 Å². The van der Waals surface area contributed by atoms with Crippen molar-refractivity contribution < 1.29 is 0 Å². The standard InChI is InChI=1S/C9H14N2/c1-3-9(4-5-9)8-6-10-11(2)7-8/h6-7H,3-5H2,1-2H3. The molecule has 1 heterocycles. The zero-order valence-electron chi connectivity index (χ0n) is 7.17. The van der Waals surface area contributed by atoms with E-state index in [1.807, 2.05) is 17.9 Å². The second-order valence-corrected chi connectivity index (χ2v) is 3.54. The van der Waals surface area contributed by atoms with E-state index in [0.717, 1.165) is 0 Å². The minimum Gasteiger partial charge on any atom is -0.276 e. The Bertz CT molecular complexity index is 258. The van der Waals surface area contributed by atoms with Crippen molar-refractivity contribution in [3.8, 4) is 0 Å². The maximum absolute atomic E-state index is 4.19. The van der Waals surface area contributed by atoms with E-state index >= 15 is 0 Å². The number of nitrogens with zero attached hydrogens (tertiary/aromatic N) is 2. The highest BCUT2D eigenvalue weighted by Gasteiger charge is 2.42. The van der Waals surface area contributed by atoms with Gasteiger partial charge in [-0.3, -0.25) is 4.68 Å². The Kier molecular flexibility index (Phi) is 1.31. The minimum atomic E-state index is 0.522. The van der Waals surface area contributed by atoms with Crippen LogP contribution < -0.4 is 0 Å². The smallest absolute Gasteiger partial charge is 0.0527 e. The summed E-state index contributed by atoms with van der Waals surface area (Å²) >= 11 is 0. The van der Waals surface area contributed by atoms with Crippen LogP contribution >= 0.6 is 0 Å². The monoisotopic (exact) mass is 150 g/mol. The van der Waals surface area contributed by atoms with Crippen molar-refractivity contribution in [1.29, 1.82) is 0 Å². The highest BCUT2D eigenvalue weighted by Crippen LogP contribution is 2.50. The lowest BCUT2D eigenvalue weighted by molar-refractivity contribution is 0.662. The Hall–Kier alpha value is -0.790. The summed E-state index contributed by atoms with van der Waals surface area (Å²) in [5, 5.41) is 4.19. The van der Waals surface area contributed by atoms with Crippen molar-refractivity contribution in [1.82, 2.24) is 9.78 Å². The van der Waals surface area contributed by atoms with Crippen LogP contribution in [0.5, 0.6) is 0 Å². The number of rotatable bonds is 2. The third-order valence-corrected chi connectivity index (χ3v) is 2.85. The molecule has 0 bridgehead atoms. The van der Waals surface area contributed by atoms with Crippen LogP contribution in [-0.2, 0) is 12.5 Å². The molecule has 0 atom stereocenters. The molecular formula is C9H14N2. The molecule has 11 heavy (non-hydrogen) atoms. The van der Waals surface area contributed by atoms with Crippen LogP contribution in [0.15, 0.2) is 12.4 Å². The van der Waals surface area contributed by atoms with Crippen molar-refractivity contribution in [2.75, 3.05) is 0 Å². The van der Waals surface area contributed by atoms with Gasteiger partial charge in [0.05, 0.1) is 6.20 Å². The maximum Gasteiger partial charge on any atom is 0.0527 e. The predicted octanol–water partition coefficient (Wildman–Crippen LogP) is 1.86. The average molecular weight is 150 g/mol. The fraction of sp³-hybridized carbons (Fsp3) is 0.667. The molecule has 0 spiro atoms. The third kappa shape index (κ3) is 0.971. The van der Waals surface area contributed by atoms with Crippen molar-refractivity contribution in [3.05, 3.63) is 18.0 Å². The van der Waals surface area contributed by atoms with E-state index in [0.29, 0.717) is 5.41 Å². The van der Waals surface area contributed by atoms with Crippen LogP contribution in [0, 0.1) is 0 Å². The van der Waals surface area contributed by atoms with Gasteiger partial charge in [0.2, 0.25) is 0 Å². The van der Waals surface area contributed by atoms with Crippen LogP contribution in [0.4, 0.5) is 0 Å². The number of hydrogen-bond acceptors (Lipinski definition) is 1. The molecular weight excluding hydrogens is 136 g/mol. The SMILES string of the molecule is CCC1(c2cnn(C)c2)CC1. The van der Waals surface area contributed by atoms with Gasteiger partial charge < -0.3 is 0 Å². The Morgan fingerprint density at radius 3 is 2.73 bits per heavy atom. The summed E-state index contributed by atoms with van der Waals surface area (Å²) in [6.45, 7) is 2.26. The van der Waals surface area contributed by atoms with Gasteiger partial charge in [-0.05, 0) is 30.2 Å². The van der Waals surface area contributed by atoms with Crippen molar-refractivity contribution in [2.24, 2.45) is 7.05 Å². The van der Waals surface area contributed by atoms with Gasteiger partial charge in [0, 0.05) is 13.2 Å². The topological polar surface area (TPSA) is 17.8 Å². The summed E-state index contributed by atoms with van der Waals surface area (Å²) in [6.07, 6.45) is 8.14. The van der Waals surface area contributed by atoms with Crippen LogP contribution in [-0.4, -0.2) is 9.78 Å². The lowest BCUT2D eigenvalue weighted by atomic mass is 9.97. The van der Waals surface area contributed by atoms with E-state index in [4.69, 9.17) is 0 Å². The average Bonchev–Trinajstić information content (AvgIpc) is 2.70. The van der Waals surface area contributed by atoms with E-state index in [1.54, 1.807) is 0 Å². The van der Waals surface area contributed by atoms with E-state index in [2.05, 4.69) is 18.2 Å². The summed E-state index contributed by atoms with van der Waals surface area (Å²) in [7, 11) is 1.98. The van der Waals surface area contributed by atoms with Gasteiger partial charge in [0.25, 0.3) is 0 Å². The van der Waals surface area contributed by atoms with Crippen LogP contribution in [0.3, 0.4) is 0 Å². The van der Waals surface area contributed by atoms with Gasteiger partial charge in [-0.25, -0.2) is 0 Å². The zero-order valence-corrected chi connectivity index (χ0v) is 7.17. The van der Waals surface area contributed by atoms with E-state index < -0.39 is 0 Å². The lowest BCUT2D eigenvalue weighted by Crippen LogP contribution is -2.02. The molecule has 2 rings (SSSR count). The molecule has 0 aliphatic heterocycles. The van der Waals surface area contributed by atoms with Crippen molar-refractivity contribution in [2.45, 2.75) is 31.6 Å². The predicted molar refractivity (Wildman–Crippen MR) is 44.4 cm³/mol. The van der Waals surface area contributed by atoms with Gasteiger partial charge in [0.15, 0.2) is 0 Å². The third-order valence-electron chi connectivity index (χ3n) is 2.85. The van der Waals surface area contributed by atoms with E-state index in [1.165, 1.54) is 24.8 Å². The molecule has 0 saturated heterocycles. The molecule has 0 radical (unpaired) electrons. The van der Waals surface area contributed by atoms with Crippen molar-refractivity contribution in [3.63, 3.8) is 0 Å². The van der Waals surface area contributed by atoms with Gasteiger partial charge in [-0.1, -0.05) is 6.92 Å². The Balaban J connectivity index is 2.29. The first kappa shape index (κ1) is 6.89. The van der Waals surface area contributed by atoms with Crippen LogP contribution in [0.1, 0.15) is 31.7 Å². The molecule has 1 aromatic rings. The fourth-order valence-corrected chi connectivity index (χ4v) is 1.69. The Labute approximate surface area is 67.2 Å². The van der Waals surface area contributed by atoms with Gasteiger partial charge in [-0.15, -0.1) is 0 Å². The quantitative estimate of drug-likeness (QED) is 0.629. The van der Waals surface area contributed by atoms with E-state index in [-0.39, 0.29) is 0 Å². The molecule has 1 aliphatic rings. The summed E-state index contributed by atoms with van der Waals surface area (Å²) in [4.78, 5) is 0. The van der Waals surface area contributed by atoms with Crippen molar-refractivity contribution >= 4 is 0 Å². The fourth-order valence-electron chi connectivity index (χ4n) is 1.69. The first-order valence-corrected chi connectivity index (χ1v) is 4.26. The molecule has 2 nitrogen and oxygen atoms in total. The normalized spacial score (nSPS) is 20.2. The molecule has 0 amide bonds. The van der Waals surface area contributed by atoms with E-state index in [9.17, 15) is 0 Å². The maximum atomic E-state index is 4.19. The zero-order chi connectivity index (χ0) is 7.90. The molecule has 0 unspecified atom stereocenters. The summed E-state index contributed by atoms with van der Waals surface area (Å²) in [5.74, 6) is 0. The minimum absolute atomic E-state index is 0.522. The number of hydrogen-bond donors (Lipinski definition) is 0. The highest BCUT2D eigenvalue weighted by atomic mass is 15.2. The number of aryl methyl sites for hydroxylation is 1. The Morgan fingerprint density at radius 2 is 2.36 bits per heavy atom. The molecule has 1 saturated carbocycles. The second kappa shape index (κ2) is 2.10. The first-order valence-electron chi connectivity index (χ1n) is 4.26. The summed E-state index contributed by atoms with van der Waals surface area (Å²) < 4.78 is 1.89. The number of aromatic nitrogens is 2. The molecule has 0 aromatic carbocycles. The Morgan fingerprint density at radius 1 is 1.64 bits per heavy atom. The largest absolute Gasteiger partial charge is 0.276 e. The molecule has 1 aromatic heterocycles. The van der Waals surface area contributed by atoms with Crippen LogP contribution in [0.2, 0.25) is 0 Å². The van der Waals surface area contributed by atoms with Gasteiger partial charge in [-0.2, -0.15) is 5.10 Å².